The molecule has 18 heavy (non-hydrogen) atoms. The highest BCUT2D eigenvalue weighted by atomic mass is 16.7. The van der Waals surface area contributed by atoms with E-state index in [1.165, 1.54) is 9.75 Å². The van der Waals surface area contributed by atoms with Crippen molar-refractivity contribution in [1.29, 1.82) is 0 Å². The first-order chi connectivity index (χ1) is 8.52. The number of nitrogens with zero attached hydrogens (tertiary/aromatic N) is 3. The van der Waals surface area contributed by atoms with E-state index >= 15 is 0 Å². The van der Waals surface area contributed by atoms with Crippen LogP contribution in [-0.4, -0.2) is 33.9 Å². The maximum absolute atomic E-state index is 12.3. The van der Waals surface area contributed by atoms with E-state index in [0.29, 0.717) is 24.4 Å². The summed E-state index contributed by atoms with van der Waals surface area (Å²) in [6, 6.07) is 0. The summed E-state index contributed by atoms with van der Waals surface area (Å²) in [5.74, 6) is -0.363. The summed E-state index contributed by atoms with van der Waals surface area (Å²) >= 11 is 0. The van der Waals surface area contributed by atoms with Gasteiger partial charge in [-0.3, -0.25) is 14.4 Å². The molecule has 1 fully saturated rings. The van der Waals surface area contributed by atoms with Crippen molar-refractivity contribution in [3.63, 3.8) is 0 Å². The molecule has 0 saturated carbocycles. The van der Waals surface area contributed by atoms with Crippen LogP contribution in [0.1, 0.15) is 34.5 Å². The van der Waals surface area contributed by atoms with Crippen molar-refractivity contribution in [2.45, 2.75) is 26.7 Å². The molecule has 1 aliphatic rings. The first-order valence-corrected chi connectivity index (χ1v) is 6.01. The zero-order valence-electron chi connectivity index (χ0n) is 10.9. The van der Waals surface area contributed by atoms with Gasteiger partial charge in [-0.05, 0) is 32.3 Å². The molecular weight excluding hydrogens is 234 g/mol. The van der Waals surface area contributed by atoms with Crippen LogP contribution in [0.3, 0.4) is 0 Å². The molecule has 2 rings (SSSR count). The van der Waals surface area contributed by atoms with E-state index in [4.69, 9.17) is 4.84 Å². The Kier molecular flexibility index (Phi) is 3.47. The lowest BCUT2D eigenvalue weighted by molar-refractivity contribution is -0.144. The van der Waals surface area contributed by atoms with Crippen LogP contribution in [-0.2, 0) is 11.9 Å². The summed E-state index contributed by atoms with van der Waals surface area (Å²) in [5.41, 5.74) is 1.08. The Morgan fingerprint density at radius 3 is 2.67 bits per heavy atom. The molecule has 1 aliphatic heterocycles. The van der Waals surface area contributed by atoms with Crippen LogP contribution >= 0.6 is 0 Å². The summed E-state index contributed by atoms with van der Waals surface area (Å²) in [6.45, 7) is 4.57. The lowest BCUT2D eigenvalue weighted by atomic mass is 10.1. The van der Waals surface area contributed by atoms with E-state index in [1.54, 1.807) is 20.9 Å². The maximum Gasteiger partial charge on any atom is 0.283 e. The predicted molar refractivity (Wildman–Crippen MR) is 65.2 cm³/mol. The Hall–Kier alpha value is -1.69. The number of amides is 1. The van der Waals surface area contributed by atoms with Gasteiger partial charge in [0.1, 0.15) is 5.56 Å². The summed E-state index contributed by atoms with van der Waals surface area (Å²) < 4.78 is 1.19. The van der Waals surface area contributed by atoms with Crippen molar-refractivity contribution in [1.82, 2.24) is 14.8 Å². The second kappa shape index (κ2) is 4.89. The number of hydrogen-bond acceptors (Lipinski definition) is 4. The molecule has 0 aromatic carbocycles. The van der Waals surface area contributed by atoms with Crippen molar-refractivity contribution in [3.05, 3.63) is 27.2 Å². The van der Waals surface area contributed by atoms with E-state index < -0.39 is 0 Å². The summed E-state index contributed by atoms with van der Waals surface area (Å²) in [6.07, 6.45) is 1.84. The highest BCUT2D eigenvalue weighted by Crippen LogP contribution is 2.13. The van der Waals surface area contributed by atoms with Crippen molar-refractivity contribution in [3.8, 4) is 0 Å². The second-order valence-corrected chi connectivity index (χ2v) is 4.46. The first kappa shape index (κ1) is 12.8. The molecule has 0 spiro atoms. The topological polar surface area (TPSA) is 64.4 Å². The van der Waals surface area contributed by atoms with Gasteiger partial charge in [-0.25, -0.2) is 9.75 Å². The SMILES string of the molecule is Cc1nn(C)c(=O)c(C(=O)N2CCCCO2)c1C. The molecule has 2 heterocycles. The summed E-state index contributed by atoms with van der Waals surface area (Å²) in [4.78, 5) is 29.6. The molecule has 1 aromatic heterocycles. The van der Waals surface area contributed by atoms with Gasteiger partial charge in [-0.15, -0.1) is 0 Å². The van der Waals surface area contributed by atoms with Crippen LogP contribution in [0.4, 0.5) is 0 Å². The van der Waals surface area contributed by atoms with Gasteiger partial charge in [0.15, 0.2) is 0 Å². The van der Waals surface area contributed by atoms with E-state index in [-0.39, 0.29) is 17.0 Å². The molecule has 1 saturated heterocycles. The Morgan fingerprint density at radius 2 is 2.06 bits per heavy atom. The van der Waals surface area contributed by atoms with Crippen molar-refractivity contribution < 1.29 is 9.63 Å². The molecule has 1 aromatic rings. The molecule has 0 N–H and O–H groups in total. The lowest BCUT2D eigenvalue weighted by Gasteiger charge is -2.26. The number of aryl methyl sites for hydroxylation is 2. The van der Waals surface area contributed by atoms with Crippen LogP contribution in [0.2, 0.25) is 0 Å². The monoisotopic (exact) mass is 251 g/mol. The van der Waals surface area contributed by atoms with E-state index in [0.717, 1.165) is 12.8 Å². The number of rotatable bonds is 1. The van der Waals surface area contributed by atoms with Gasteiger partial charge in [-0.1, -0.05) is 0 Å². The Morgan fingerprint density at radius 1 is 1.33 bits per heavy atom. The van der Waals surface area contributed by atoms with Gasteiger partial charge in [-0.2, -0.15) is 5.10 Å². The minimum Gasteiger partial charge on any atom is -0.271 e. The van der Waals surface area contributed by atoms with Crippen molar-refractivity contribution >= 4 is 5.91 Å². The van der Waals surface area contributed by atoms with Crippen LogP contribution in [0.15, 0.2) is 4.79 Å². The van der Waals surface area contributed by atoms with Crippen LogP contribution in [0.25, 0.3) is 0 Å². The zero-order chi connectivity index (χ0) is 13.3. The number of carbonyl (C=O) groups excluding carboxylic acids is 1. The summed E-state index contributed by atoms with van der Waals surface area (Å²) in [7, 11) is 1.54. The molecule has 0 atom stereocenters. The minimum absolute atomic E-state index is 0.159. The van der Waals surface area contributed by atoms with Gasteiger partial charge in [0.25, 0.3) is 11.5 Å². The van der Waals surface area contributed by atoms with Gasteiger partial charge in [0.2, 0.25) is 0 Å². The fraction of sp³-hybridized carbons (Fsp3) is 0.583. The minimum atomic E-state index is -0.378. The number of hydrogen-bond donors (Lipinski definition) is 0. The molecule has 0 unspecified atom stereocenters. The third-order valence-electron chi connectivity index (χ3n) is 3.17. The van der Waals surface area contributed by atoms with E-state index in [9.17, 15) is 9.59 Å². The van der Waals surface area contributed by atoms with Crippen molar-refractivity contribution in [2.24, 2.45) is 7.05 Å². The molecule has 98 valence electrons. The van der Waals surface area contributed by atoms with Crippen LogP contribution < -0.4 is 5.56 Å². The average molecular weight is 251 g/mol. The van der Waals surface area contributed by atoms with E-state index in [1.807, 2.05) is 0 Å². The van der Waals surface area contributed by atoms with Gasteiger partial charge >= 0.3 is 0 Å². The normalized spacial score (nSPS) is 15.8. The first-order valence-electron chi connectivity index (χ1n) is 6.01. The second-order valence-electron chi connectivity index (χ2n) is 4.46. The fourth-order valence-electron chi connectivity index (χ4n) is 1.98. The highest BCUT2D eigenvalue weighted by Gasteiger charge is 2.25. The Bertz CT molecular complexity index is 530. The van der Waals surface area contributed by atoms with Crippen LogP contribution in [0, 0.1) is 13.8 Å². The van der Waals surface area contributed by atoms with Gasteiger partial charge in [0.05, 0.1) is 12.3 Å². The van der Waals surface area contributed by atoms with Gasteiger partial charge in [0, 0.05) is 13.6 Å². The molecule has 6 nitrogen and oxygen atoms in total. The third kappa shape index (κ3) is 2.15. The molecule has 0 radical (unpaired) electrons. The van der Waals surface area contributed by atoms with Gasteiger partial charge < -0.3 is 0 Å². The molecular formula is C12H17N3O3. The highest BCUT2D eigenvalue weighted by molar-refractivity contribution is 5.94. The molecule has 6 heteroatoms. The molecule has 0 aliphatic carbocycles. The quantitative estimate of drug-likeness (QED) is 0.731. The Balaban J connectivity index is 2.44. The third-order valence-corrected chi connectivity index (χ3v) is 3.17. The fourth-order valence-corrected chi connectivity index (χ4v) is 1.98. The smallest absolute Gasteiger partial charge is 0.271 e. The lowest BCUT2D eigenvalue weighted by Crippen LogP contribution is -2.40. The van der Waals surface area contributed by atoms with Crippen molar-refractivity contribution in [2.75, 3.05) is 13.2 Å². The predicted octanol–water partition coefficient (Wildman–Crippen LogP) is 0.565. The van der Waals surface area contributed by atoms with Crippen LogP contribution in [0.5, 0.6) is 0 Å². The average Bonchev–Trinajstić information content (AvgIpc) is 2.37. The zero-order valence-corrected chi connectivity index (χ0v) is 10.9. The Labute approximate surface area is 105 Å². The standard InChI is InChI=1S/C12H17N3O3/c1-8-9(2)13-14(3)11(16)10(8)12(17)15-6-4-5-7-18-15/h4-7H2,1-3H3. The molecule has 0 bridgehead atoms. The summed E-state index contributed by atoms with van der Waals surface area (Å²) in [5, 5.41) is 5.34. The van der Waals surface area contributed by atoms with E-state index in [2.05, 4.69) is 5.10 Å². The number of carbonyl (C=O) groups is 1. The largest absolute Gasteiger partial charge is 0.283 e. The number of hydroxylamine groups is 2. The molecule has 1 amide bonds. The maximum atomic E-state index is 12.3. The number of aromatic nitrogens is 2.